The van der Waals surface area contributed by atoms with Crippen molar-refractivity contribution >= 4 is 0 Å². The van der Waals surface area contributed by atoms with Crippen molar-refractivity contribution in [2.75, 3.05) is 26.2 Å². The lowest BCUT2D eigenvalue weighted by atomic mass is 10.0. The van der Waals surface area contributed by atoms with Gasteiger partial charge in [0, 0.05) is 44.9 Å². The number of hydrogen-bond donors (Lipinski definition) is 1. The second kappa shape index (κ2) is 7.69. The van der Waals surface area contributed by atoms with E-state index in [9.17, 15) is 13.9 Å². The molecule has 23 heavy (non-hydrogen) atoms. The Bertz CT molecular complexity index is 520. The first-order chi connectivity index (χ1) is 11.2. The quantitative estimate of drug-likeness (QED) is 0.902. The molecule has 1 saturated heterocycles. The number of nitrogens with zero attached hydrogens (tertiary/aromatic N) is 2. The van der Waals surface area contributed by atoms with Crippen molar-refractivity contribution in [3.05, 3.63) is 35.4 Å². The summed E-state index contributed by atoms with van der Waals surface area (Å²) in [6.45, 7) is 3.66. The largest absolute Gasteiger partial charge is 0.396 e. The highest BCUT2D eigenvalue weighted by molar-refractivity contribution is 5.17. The van der Waals surface area contributed by atoms with E-state index < -0.39 is 11.6 Å². The lowest BCUT2D eigenvalue weighted by Gasteiger charge is -2.44. The first kappa shape index (κ1) is 16.8. The summed E-state index contributed by atoms with van der Waals surface area (Å²) in [5.41, 5.74) is 0.806. The molecule has 1 aromatic carbocycles. The molecule has 2 fully saturated rings. The standard InChI is InChI=1S/C18H26F2N2O/c19-17-6-5-14(11-18(17)20)12-21-8-9-22(15-3-1-2-4-15)16(13-21)7-10-23/h5-6,11,15-16,23H,1-4,7-10,12-13H2/t16-/m1/s1. The van der Waals surface area contributed by atoms with Gasteiger partial charge in [0.05, 0.1) is 0 Å². The molecule has 2 aliphatic rings. The van der Waals surface area contributed by atoms with Crippen LogP contribution in [0.3, 0.4) is 0 Å². The van der Waals surface area contributed by atoms with Gasteiger partial charge in [0.25, 0.3) is 0 Å². The van der Waals surface area contributed by atoms with E-state index in [1.807, 2.05) is 0 Å². The van der Waals surface area contributed by atoms with Crippen LogP contribution < -0.4 is 0 Å². The van der Waals surface area contributed by atoms with Gasteiger partial charge >= 0.3 is 0 Å². The summed E-state index contributed by atoms with van der Waals surface area (Å²) in [7, 11) is 0. The smallest absolute Gasteiger partial charge is 0.159 e. The van der Waals surface area contributed by atoms with Crippen LogP contribution in [0.4, 0.5) is 8.78 Å². The normalized spacial score (nSPS) is 24.4. The van der Waals surface area contributed by atoms with E-state index in [0.29, 0.717) is 18.6 Å². The van der Waals surface area contributed by atoms with Crippen LogP contribution in [-0.2, 0) is 6.54 Å². The average molecular weight is 324 g/mol. The number of halogens is 2. The molecule has 1 atom stereocenters. The SMILES string of the molecule is OCC[C@@H]1CN(Cc2ccc(F)c(F)c2)CCN1C1CCCC1. The Labute approximate surface area is 136 Å². The van der Waals surface area contributed by atoms with Gasteiger partial charge in [-0.05, 0) is 37.0 Å². The van der Waals surface area contributed by atoms with Crippen LogP contribution in [-0.4, -0.2) is 53.2 Å². The molecule has 1 aliphatic carbocycles. The first-order valence-corrected chi connectivity index (χ1v) is 8.70. The van der Waals surface area contributed by atoms with E-state index in [0.717, 1.165) is 31.6 Å². The minimum absolute atomic E-state index is 0.201. The molecule has 0 radical (unpaired) electrons. The molecule has 1 N–H and O–H groups in total. The van der Waals surface area contributed by atoms with Gasteiger partial charge in [0.15, 0.2) is 11.6 Å². The van der Waals surface area contributed by atoms with Crippen LogP contribution in [0.1, 0.15) is 37.7 Å². The molecule has 1 aromatic rings. The molecule has 0 unspecified atom stereocenters. The Hall–Kier alpha value is -1.04. The molecule has 0 bridgehead atoms. The van der Waals surface area contributed by atoms with E-state index in [4.69, 9.17) is 0 Å². The van der Waals surface area contributed by atoms with Gasteiger partial charge in [0.1, 0.15) is 0 Å². The maximum atomic E-state index is 13.4. The number of rotatable bonds is 5. The van der Waals surface area contributed by atoms with Gasteiger partial charge in [0.2, 0.25) is 0 Å². The molecule has 1 saturated carbocycles. The number of aliphatic hydroxyl groups excluding tert-OH is 1. The number of aliphatic hydroxyl groups is 1. The lowest BCUT2D eigenvalue weighted by molar-refractivity contribution is 0.0267. The highest BCUT2D eigenvalue weighted by Crippen LogP contribution is 2.28. The van der Waals surface area contributed by atoms with Crippen molar-refractivity contribution in [3.63, 3.8) is 0 Å². The lowest BCUT2D eigenvalue weighted by Crippen LogP contribution is -2.56. The molecular formula is C18H26F2N2O. The molecule has 3 nitrogen and oxygen atoms in total. The Morgan fingerprint density at radius 2 is 1.87 bits per heavy atom. The highest BCUT2D eigenvalue weighted by atomic mass is 19.2. The third kappa shape index (κ3) is 4.08. The van der Waals surface area contributed by atoms with E-state index in [2.05, 4.69) is 9.80 Å². The van der Waals surface area contributed by atoms with E-state index in [1.165, 1.54) is 37.8 Å². The molecule has 0 aromatic heterocycles. The Kier molecular flexibility index (Phi) is 5.62. The summed E-state index contributed by atoms with van der Waals surface area (Å²) in [4.78, 5) is 4.86. The zero-order chi connectivity index (χ0) is 16.2. The zero-order valence-corrected chi connectivity index (χ0v) is 13.6. The third-order valence-corrected chi connectivity index (χ3v) is 5.26. The van der Waals surface area contributed by atoms with Crippen molar-refractivity contribution in [2.45, 2.75) is 50.7 Å². The summed E-state index contributed by atoms with van der Waals surface area (Å²) in [5, 5.41) is 9.39. The van der Waals surface area contributed by atoms with Crippen LogP contribution >= 0.6 is 0 Å². The summed E-state index contributed by atoms with van der Waals surface area (Å²) in [6, 6.07) is 5.17. The Balaban J connectivity index is 1.62. The molecule has 128 valence electrons. The van der Waals surface area contributed by atoms with E-state index in [-0.39, 0.29) is 6.61 Å². The maximum absolute atomic E-state index is 13.4. The number of benzene rings is 1. The predicted molar refractivity (Wildman–Crippen MR) is 86.1 cm³/mol. The Morgan fingerprint density at radius 3 is 2.57 bits per heavy atom. The second-order valence-corrected chi connectivity index (χ2v) is 6.83. The van der Waals surface area contributed by atoms with Crippen LogP contribution in [0.25, 0.3) is 0 Å². The fourth-order valence-corrected chi connectivity index (χ4v) is 4.10. The zero-order valence-electron chi connectivity index (χ0n) is 13.6. The van der Waals surface area contributed by atoms with Crippen molar-refractivity contribution < 1.29 is 13.9 Å². The third-order valence-electron chi connectivity index (χ3n) is 5.26. The number of hydrogen-bond acceptors (Lipinski definition) is 3. The minimum atomic E-state index is -0.794. The summed E-state index contributed by atoms with van der Waals surface area (Å²) < 4.78 is 26.4. The van der Waals surface area contributed by atoms with Gasteiger partial charge in [-0.15, -0.1) is 0 Å². The minimum Gasteiger partial charge on any atom is -0.396 e. The van der Waals surface area contributed by atoms with Gasteiger partial charge < -0.3 is 5.11 Å². The van der Waals surface area contributed by atoms with Crippen molar-refractivity contribution in [2.24, 2.45) is 0 Å². The van der Waals surface area contributed by atoms with Crippen LogP contribution in [0, 0.1) is 11.6 Å². The monoisotopic (exact) mass is 324 g/mol. The molecule has 1 aliphatic heterocycles. The fourth-order valence-electron chi connectivity index (χ4n) is 4.10. The van der Waals surface area contributed by atoms with Gasteiger partial charge in [-0.3, -0.25) is 9.80 Å². The molecule has 1 heterocycles. The molecular weight excluding hydrogens is 298 g/mol. The highest BCUT2D eigenvalue weighted by Gasteiger charge is 2.32. The van der Waals surface area contributed by atoms with Crippen LogP contribution in [0.5, 0.6) is 0 Å². The van der Waals surface area contributed by atoms with E-state index >= 15 is 0 Å². The van der Waals surface area contributed by atoms with Crippen LogP contribution in [0.2, 0.25) is 0 Å². The molecule has 0 spiro atoms. The van der Waals surface area contributed by atoms with E-state index in [1.54, 1.807) is 6.07 Å². The topological polar surface area (TPSA) is 26.7 Å². The molecule has 5 heteroatoms. The summed E-state index contributed by atoms with van der Waals surface area (Å²) in [5.74, 6) is -1.57. The first-order valence-electron chi connectivity index (χ1n) is 8.70. The fraction of sp³-hybridized carbons (Fsp3) is 0.667. The molecule has 3 rings (SSSR count). The van der Waals surface area contributed by atoms with Gasteiger partial charge in [-0.1, -0.05) is 18.9 Å². The second-order valence-electron chi connectivity index (χ2n) is 6.83. The summed E-state index contributed by atoms with van der Waals surface area (Å²) >= 11 is 0. The van der Waals surface area contributed by atoms with Crippen LogP contribution in [0.15, 0.2) is 18.2 Å². The predicted octanol–water partition coefficient (Wildman–Crippen LogP) is 2.78. The van der Waals surface area contributed by atoms with Gasteiger partial charge in [-0.2, -0.15) is 0 Å². The molecule has 0 amide bonds. The van der Waals surface area contributed by atoms with Crippen molar-refractivity contribution in [1.82, 2.24) is 9.80 Å². The average Bonchev–Trinajstić information content (AvgIpc) is 3.06. The summed E-state index contributed by atoms with van der Waals surface area (Å²) in [6.07, 6.45) is 5.94. The Morgan fingerprint density at radius 1 is 1.09 bits per heavy atom. The maximum Gasteiger partial charge on any atom is 0.159 e. The van der Waals surface area contributed by atoms with Crippen molar-refractivity contribution in [3.8, 4) is 0 Å². The van der Waals surface area contributed by atoms with Crippen molar-refractivity contribution in [1.29, 1.82) is 0 Å². The number of piperazine rings is 1. The van der Waals surface area contributed by atoms with Gasteiger partial charge in [-0.25, -0.2) is 8.78 Å².